The maximum atomic E-state index is 14.5. The number of methoxy groups -OCH3 is 1. The molecular weight excluding hydrogens is 708 g/mol. The van der Waals surface area contributed by atoms with Crippen LogP contribution in [0, 0.1) is 23.2 Å². The molecule has 1 aliphatic carbocycles. The van der Waals surface area contributed by atoms with Gasteiger partial charge in [-0.2, -0.15) is 0 Å². The molecule has 3 aromatic heterocycles. The third kappa shape index (κ3) is 6.21. The van der Waals surface area contributed by atoms with Gasteiger partial charge in [0, 0.05) is 77.5 Å². The van der Waals surface area contributed by atoms with E-state index in [9.17, 15) is 18.8 Å². The zero-order valence-corrected chi connectivity index (χ0v) is 32.7. The molecule has 2 amide bonds. The van der Waals surface area contributed by atoms with Gasteiger partial charge in [0.1, 0.15) is 11.6 Å². The molecule has 1 aromatic carbocycles. The van der Waals surface area contributed by atoms with Gasteiger partial charge >= 0.3 is 5.97 Å². The number of alkyl halides is 1. The quantitative estimate of drug-likeness (QED) is 0.184. The number of carbonyl (C=O) groups is 3. The van der Waals surface area contributed by atoms with E-state index >= 15 is 0 Å². The van der Waals surface area contributed by atoms with E-state index in [1.807, 2.05) is 25.3 Å². The molecule has 54 heavy (non-hydrogen) atoms. The van der Waals surface area contributed by atoms with E-state index in [1.54, 1.807) is 18.2 Å². The van der Waals surface area contributed by atoms with Gasteiger partial charge < -0.3 is 18.9 Å². The Bertz CT molecular complexity index is 2130. The van der Waals surface area contributed by atoms with Crippen LogP contribution >= 0.6 is 11.3 Å². The number of halogens is 1. The van der Waals surface area contributed by atoms with Crippen molar-refractivity contribution in [3.63, 3.8) is 0 Å². The van der Waals surface area contributed by atoms with Crippen LogP contribution in [-0.4, -0.2) is 87.3 Å². The Kier molecular flexibility index (Phi) is 9.41. The van der Waals surface area contributed by atoms with Gasteiger partial charge in [0.05, 0.1) is 48.0 Å². The summed E-state index contributed by atoms with van der Waals surface area (Å²) < 4.78 is 27.9. The third-order valence-corrected chi connectivity index (χ3v) is 13.0. The second kappa shape index (κ2) is 13.8. The summed E-state index contributed by atoms with van der Waals surface area (Å²) in [7, 11) is 1.69. The van der Waals surface area contributed by atoms with Crippen molar-refractivity contribution in [2.24, 2.45) is 23.2 Å². The summed E-state index contributed by atoms with van der Waals surface area (Å²) in [6.07, 6.45) is 3.53. The second-order valence-electron chi connectivity index (χ2n) is 16.3. The summed E-state index contributed by atoms with van der Waals surface area (Å²) >= 11 is 1.47. The van der Waals surface area contributed by atoms with Crippen LogP contribution < -0.4 is 5.43 Å². The lowest BCUT2D eigenvalue weighted by Gasteiger charge is -2.35. The van der Waals surface area contributed by atoms with Crippen LogP contribution in [0.3, 0.4) is 0 Å². The number of cyclic esters (lactones) is 1. The fraction of sp³-hybridized carbons (Fsp3) is 0.537. The maximum Gasteiger partial charge on any atom is 0.324 e. The Morgan fingerprint density at radius 1 is 1.22 bits per heavy atom. The molecule has 3 aliphatic heterocycles. The van der Waals surface area contributed by atoms with Gasteiger partial charge in [-0.3, -0.25) is 28.8 Å². The van der Waals surface area contributed by atoms with Crippen LogP contribution in [0.1, 0.15) is 69.8 Å². The number of pyridine rings is 1. The van der Waals surface area contributed by atoms with Crippen molar-refractivity contribution >= 4 is 40.0 Å². The van der Waals surface area contributed by atoms with E-state index in [-0.39, 0.29) is 49.3 Å². The first-order valence-corrected chi connectivity index (χ1v) is 20.0. The van der Waals surface area contributed by atoms with Crippen LogP contribution in [0.15, 0.2) is 41.9 Å². The number of fused-ring (bicyclic) bond motifs is 6. The third-order valence-electron chi connectivity index (χ3n) is 12.1. The molecule has 13 heteroatoms. The molecule has 0 unspecified atom stereocenters. The highest BCUT2D eigenvalue weighted by atomic mass is 32.1. The summed E-state index contributed by atoms with van der Waals surface area (Å²) in [6, 6.07) is 9.78. The van der Waals surface area contributed by atoms with Crippen molar-refractivity contribution in [2.75, 3.05) is 33.5 Å². The van der Waals surface area contributed by atoms with Gasteiger partial charge in [0.25, 0.3) is 5.91 Å². The smallest absolute Gasteiger partial charge is 0.324 e. The molecule has 1 N–H and O–H groups in total. The summed E-state index contributed by atoms with van der Waals surface area (Å²) in [5.41, 5.74) is 8.39. The molecule has 4 aromatic rings. The lowest BCUT2D eigenvalue weighted by molar-refractivity contribution is -0.156. The molecule has 6 bridgehead atoms. The highest BCUT2D eigenvalue weighted by Gasteiger charge is 2.67. The molecule has 286 valence electrons. The molecule has 1 saturated carbocycles. The van der Waals surface area contributed by atoms with E-state index in [0.29, 0.717) is 25.8 Å². The van der Waals surface area contributed by atoms with E-state index in [4.69, 9.17) is 19.4 Å². The van der Waals surface area contributed by atoms with Gasteiger partial charge in [-0.1, -0.05) is 26.8 Å². The van der Waals surface area contributed by atoms with Crippen LogP contribution in [0.5, 0.6) is 0 Å². The number of aryl methyl sites for hydroxylation is 1. The maximum absolute atomic E-state index is 14.5. The first-order chi connectivity index (χ1) is 25.9. The largest absolute Gasteiger partial charge is 0.464 e. The number of hydrogen-bond acceptors (Lipinski definition) is 9. The number of aromatic nitrogens is 3. The van der Waals surface area contributed by atoms with Gasteiger partial charge in [-0.25, -0.2) is 10.4 Å². The molecule has 6 heterocycles. The normalized spacial score (nSPS) is 27.2. The van der Waals surface area contributed by atoms with Crippen molar-refractivity contribution in [1.82, 2.24) is 29.9 Å². The Hall–Kier alpha value is -4.20. The molecule has 11 nitrogen and oxygen atoms in total. The van der Waals surface area contributed by atoms with Crippen LogP contribution in [0.4, 0.5) is 4.39 Å². The zero-order valence-electron chi connectivity index (χ0n) is 31.9. The van der Waals surface area contributed by atoms with Crippen LogP contribution in [-0.2, 0) is 43.2 Å². The molecule has 2 saturated heterocycles. The summed E-state index contributed by atoms with van der Waals surface area (Å²) in [4.78, 5) is 53.4. The number of nitrogens with zero attached hydrogens (tertiary/aromatic N) is 5. The molecule has 0 radical (unpaired) electrons. The van der Waals surface area contributed by atoms with Gasteiger partial charge in [-0.05, 0) is 68.9 Å². The van der Waals surface area contributed by atoms with Crippen molar-refractivity contribution in [1.29, 1.82) is 0 Å². The standard InChI is InChI=1S/C41H49FN6O5S/c1-7-46-32-13-12-25-16-27(32)28(36(46)26-10-8-14-43-35(26)24(3)52-6)17-40(4,5)22-53-38(50)30-11-9-15-48(45-30)39(51)41(18-33-44-31(25)20-54-33)21-47(41)37(49)34-23(2)29(34)19-42/h8,10,12-14,16,20,23-24,29-30,34,45H,7,9,11,15,17-19,21-22H2,1-6H3/t23-,24-,29+,30-,34+,41+,47?/m0/s1. The molecule has 6 atom stereocenters. The molecular formula is C41H49FN6O5S. The first-order valence-electron chi connectivity index (χ1n) is 19.1. The predicted octanol–water partition coefficient (Wildman–Crippen LogP) is 6.15. The number of amides is 2. The highest BCUT2D eigenvalue weighted by molar-refractivity contribution is 7.10. The fourth-order valence-electron chi connectivity index (χ4n) is 8.77. The lowest BCUT2D eigenvalue weighted by Crippen LogP contribution is -2.59. The van der Waals surface area contributed by atoms with Gasteiger partial charge in [-0.15, -0.1) is 11.3 Å². The summed E-state index contributed by atoms with van der Waals surface area (Å²) in [5, 5.41) is 5.33. The number of ether oxygens (including phenoxy) is 2. The Labute approximate surface area is 319 Å². The fourth-order valence-corrected chi connectivity index (χ4v) is 9.68. The number of esters is 1. The number of nitrogens with one attached hydrogen (secondary N) is 1. The topological polar surface area (TPSA) is 119 Å². The highest BCUT2D eigenvalue weighted by Crippen LogP contribution is 2.51. The first kappa shape index (κ1) is 36.8. The van der Waals surface area contributed by atoms with Crippen molar-refractivity contribution in [2.45, 2.75) is 84.5 Å². The van der Waals surface area contributed by atoms with E-state index in [0.717, 1.165) is 56.2 Å². The minimum atomic E-state index is -1.16. The van der Waals surface area contributed by atoms with E-state index in [2.05, 4.69) is 55.0 Å². The zero-order chi connectivity index (χ0) is 38.1. The minimum absolute atomic E-state index is 0.0616. The Balaban J connectivity index is 1.25. The summed E-state index contributed by atoms with van der Waals surface area (Å²) in [6.45, 7) is 11.2. The number of hydrogen-bond donors (Lipinski definition) is 1. The van der Waals surface area contributed by atoms with Gasteiger partial charge in [0.2, 0.25) is 5.91 Å². The number of hydrazine groups is 1. The van der Waals surface area contributed by atoms with E-state index < -0.39 is 35.6 Å². The van der Waals surface area contributed by atoms with Crippen LogP contribution in [0.2, 0.25) is 0 Å². The average Bonchev–Trinajstić information content (AvgIpc) is 3.96. The number of carbonyl (C=O) groups excluding carboxylic acids is 3. The Morgan fingerprint density at radius 3 is 2.78 bits per heavy atom. The Morgan fingerprint density at radius 2 is 2.04 bits per heavy atom. The monoisotopic (exact) mass is 756 g/mol. The minimum Gasteiger partial charge on any atom is -0.464 e. The molecule has 4 aliphatic rings. The molecule has 3 fully saturated rings. The average molecular weight is 757 g/mol. The molecule has 1 spiro atoms. The second-order valence-corrected chi connectivity index (χ2v) is 17.3. The lowest BCUT2D eigenvalue weighted by atomic mass is 9.84. The van der Waals surface area contributed by atoms with Crippen molar-refractivity contribution in [3.05, 3.63) is 58.2 Å². The van der Waals surface area contributed by atoms with Gasteiger partial charge in [0.15, 0.2) is 0 Å². The molecule has 8 rings (SSSR count). The van der Waals surface area contributed by atoms with E-state index in [1.165, 1.54) is 16.3 Å². The predicted molar refractivity (Wildman–Crippen MR) is 204 cm³/mol. The van der Waals surface area contributed by atoms with Crippen molar-refractivity contribution in [3.8, 4) is 22.5 Å². The number of benzene rings is 1. The van der Waals surface area contributed by atoms with Crippen molar-refractivity contribution < 1.29 is 28.2 Å². The summed E-state index contributed by atoms with van der Waals surface area (Å²) in [5.74, 6) is -1.67. The number of rotatable bonds is 6. The number of thiazole rings is 1. The SMILES string of the molecule is CCn1c(-c2cccnc2[C@H](C)OC)c2c3cc(ccc31)-c1csc(n1)C[C@@]1(CN1C(=O)[C@@H]1[C@@H](C)[C@H]1CF)C(=O)N1CCC[C@H](N1)C(=O)OCC(C)(C)C2. The van der Waals surface area contributed by atoms with Crippen LogP contribution in [0.25, 0.3) is 33.4 Å².